The van der Waals surface area contributed by atoms with Crippen LogP contribution in [0, 0.1) is 5.82 Å². The normalized spacial score (nSPS) is 11.4. The molecule has 0 radical (unpaired) electrons. The van der Waals surface area contributed by atoms with E-state index in [1.54, 1.807) is 18.2 Å². The molecule has 2 N–H and O–H groups in total. The first-order valence-corrected chi connectivity index (χ1v) is 5.97. The van der Waals surface area contributed by atoms with E-state index in [0.29, 0.717) is 18.3 Å². The number of rotatable bonds is 5. The molecular formula is C15H11FO5. The predicted octanol–water partition coefficient (Wildman–Crippen LogP) is 2.72. The minimum Gasteiger partial charge on any atom is -0.502 e. The molecule has 0 aliphatic rings. The van der Waals surface area contributed by atoms with Crippen LogP contribution in [0.2, 0.25) is 0 Å². The highest BCUT2D eigenvalue weighted by molar-refractivity contribution is 6.06. The van der Waals surface area contributed by atoms with Crippen LogP contribution in [0.3, 0.4) is 0 Å². The van der Waals surface area contributed by atoms with Crippen molar-refractivity contribution in [3.63, 3.8) is 0 Å². The van der Waals surface area contributed by atoms with Gasteiger partial charge in [0.1, 0.15) is 11.6 Å². The molecule has 1 aromatic carbocycles. The summed E-state index contributed by atoms with van der Waals surface area (Å²) in [6, 6.07) is 8.76. The zero-order chi connectivity index (χ0) is 15.4. The van der Waals surface area contributed by atoms with Gasteiger partial charge in [-0.25, -0.2) is 9.18 Å². The standard InChI is InChI=1S/C15H11FO5/c16-10-3-1-9(2-4-10)7-11-5-6-14(21-11)12(17)8-13(18)15(19)20/h1-6,8,18H,7H2,(H,19,20)/b13-8-. The number of carboxylic acid groups (broad SMARTS) is 1. The van der Waals surface area contributed by atoms with E-state index >= 15 is 0 Å². The van der Waals surface area contributed by atoms with Crippen molar-refractivity contribution in [1.29, 1.82) is 0 Å². The van der Waals surface area contributed by atoms with E-state index in [9.17, 15) is 14.0 Å². The molecule has 6 heteroatoms. The van der Waals surface area contributed by atoms with Crippen LogP contribution in [-0.4, -0.2) is 22.0 Å². The van der Waals surface area contributed by atoms with Crippen molar-refractivity contribution in [1.82, 2.24) is 0 Å². The molecule has 0 aliphatic carbocycles. The number of carbonyl (C=O) groups is 2. The molecule has 21 heavy (non-hydrogen) atoms. The fourth-order valence-corrected chi connectivity index (χ4v) is 1.67. The smallest absolute Gasteiger partial charge is 0.371 e. The number of furan rings is 1. The number of aliphatic carboxylic acids is 1. The van der Waals surface area contributed by atoms with Crippen molar-refractivity contribution < 1.29 is 28.6 Å². The molecule has 108 valence electrons. The van der Waals surface area contributed by atoms with Crippen LogP contribution in [0.25, 0.3) is 0 Å². The second-order valence-electron chi connectivity index (χ2n) is 4.27. The number of benzene rings is 1. The zero-order valence-electron chi connectivity index (χ0n) is 10.7. The number of halogens is 1. The number of hydrogen-bond acceptors (Lipinski definition) is 4. The maximum absolute atomic E-state index is 12.8. The van der Waals surface area contributed by atoms with Gasteiger partial charge in [-0.05, 0) is 29.8 Å². The van der Waals surface area contributed by atoms with Crippen molar-refractivity contribution in [3.8, 4) is 0 Å². The topological polar surface area (TPSA) is 87.7 Å². The van der Waals surface area contributed by atoms with Crippen molar-refractivity contribution >= 4 is 11.8 Å². The molecule has 1 aromatic heterocycles. The Bertz CT molecular complexity index is 697. The minimum absolute atomic E-state index is 0.0834. The van der Waals surface area contributed by atoms with Crippen LogP contribution in [0.15, 0.2) is 52.7 Å². The first kappa shape index (κ1) is 14.5. The van der Waals surface area contributed by atoms with Crippen molar-refractivity contribution in [2.24, 2.45) is 0 Å². The first-order chi connectivity index (χ1) is 9.95. The number of ketones is 1. The van der Waals surface area contributed by atoms with Gasteiger partial charge >= 0.3 is 5.97 Å². The van der Waals surface area contributed by atoms with E-state index in [4.69, 9.17) is 14.6 Å². The molecule has 0 fully saturated rings. The fraction of sp³-hybridized carbons (Fsp3) is 0.0667. The molecule has 0 saturated heterocycles. The van der Waals surface area contributed by atoms with E-state index in [0.717, 1.165) is 5.56 Å². The van der Waals surface area contributed by atoms with Gasteiger partial charge in [-0.15, -0.1) is 0 Å². The lowest BCUT2D eigenvalue weighted by atomic mass is 10.1. The van der Waals surface area contributed by atoms with Crippen molar-refractivity contribution in [2.75, 3.05) is 0 Å². The van der Waals surface area contributed by atoms with Gasteiger partial charge in [0.2, 0.25) is 11.5 Å². The lowest BCUT2D eigenvalue weighted by Crippen LogP contribution is -2.03. The van der Waals surface area contributed by atoms with Crippen LogP contribution in [0.4, 0.5) is 4.39 Å². The van der Waals surface area contributed by atoms with Gasteiger partial charge in [0.15, 0.2) is 5.76 Å². The van der Waals surface area contributed by atoms with Gasteiger partial charge in [-0.2, -0.15) is 0 Å². The van der Waals surface area contributed by atoms with Crippen LogP contribution in [-0.2, 0) is 11.2 Å². The molecule has 0 aliphatic heterocycles. The number of aliphatic hydroxyl groups excluding tert-OH is 1. The highest BCUT2D eigenvalue weighted by atomic mass is 19.1. The SMILES string of the molecule is O=C(O)/C(O)=C/C(=O)c1ccc(Cc2ccc(F)cc2)o1. The van der Waals surface area contributed by atoms with Crippen LogP contribution < -0.4 is 0 Å². The lowest BCUT2D eigenvalue weighted by Gasteiger charge is -1.98. The Hall–Kier alpha value is -2.89. The number of hydrogen-bond donors (Lipinski definition) is 2. The highest BCUT2D eigenvalue weighted by Gasteiger charge is 2.13. The van der Waals surface area contributed by atoms with Gasteiger partial charge in [0, 0.05) is 12.5 Å². The summed E-state index contributed by atoms with van der Waals surface area (Å²) in [6.45, 7) is 0. The highest BCUT2D eigenvalue weighted by Crippen LogP contribution is 2.15. The Morgan fingerprint density at radius 3 is 2.38 bits per heavy atom. The Balaban J connectivity index is 2.11. The summed E-state index contributed by atoms with van der Waals surface area (Å²) in [5.41, 5.74) is 0.800. The number of carboxylic acids is 1. The average Bonchev–Trinajstić information content (AvgIpc) is 2.90. The molecule has 0 spiro atoms. The Labute approximate surface area is 118 Å². The van der Waals surface area contributed by atoms with E-state index in [1.807, 2.05) is 0 Å². The molecule has 0 bridgehead atoms. The number of carbonyl (C=O) groups excluding carboxylic acids is 1. The summed E-state index contributed by atoms with van der Waals surface area (Å²) in [7, 11) is 0. The van der Waals surface area contributed by atoms with Gasteiger partial charge in [-0.3, -0.25) is 4.79 Å². The van der Waals surface area contributed by atoms with Crippen molar-refractivity contribution in [3.05, 3.63) is 71.1 Å². The Morgan fingerprint density at radius 1 is 1.10 bits per heavy atom. The molecular weight excluding hydrogens is 279 g/mol. The summed E-state index contributed by atoms with van der Waals surface area (Å²) in [6.07, 6.45) is 0.936. The van der Waals surface area contributed by atoms with E-state index in [-0.39, 0.29) is 11.6 Å². The van der Waals surface area contributed by atoms with Gasteiger partial charge in [-0.1, -0.05) is 12.1 Å². The van der Waals surface area contributed by atoms with Crippen LogP contribution in [0.5, 0.6) is 0 Å². The molecule has 0 saturated carbocycles. The maximum Gasteiger partial charge on any atom is 0.371 e. The average molecular weight is 290 g/mol. The summed E-state index contributed by atoms with van der Waals surface area (Å²) in [5.74, 6) is -3.37. The third-order valence-corrected chi connectivity index (χ3v) is 2.68. The second kappa shape index (κ2) is 6.04. The van der Waals surface area contributed by atoms with E-state index in [1.165, 1.54) is 18.2 Å². The third-order valence-electron chi connectivity index (χ3n) is 2.68. The maximum atomic E-state index is 12.8. The summed E-state index contributed by atoms with van der Waals surface area (Å²) >= 11 is 0. The summed E-state index contributed by atoms with van der Waals surface area (Å²) in [4.78, 5) is 22.0. The fourth-order valence-electron chi connectivity index (χ4n) is 1.67. The number of allylic oxidation sites excluding steroid dienone is 1. The second-order valence-corrected chi connectivity index (χ2v) is 4.27. The zero-order valence-corrected chi connectivity index (χ0v) is 10.7. The molecule has 5 nitrogen and oxygen atoms in total. The quantitative estimate of drug-likeness (QED) is 0.502. The van der Waals surface area contributed by atoms with Crippen LogP contribution in [0.1, 0.15) is 21.9 Å². The molecule has 0 atom stereocenters. The first-order valence-electron chi connectivity index (χ1n) is 5.97. The number of aliphatic hydroxyl groups is 1. The van der Waals surface area contributed by atoms with E-state index in [2.05, 4.69) is 0 Å². The van der Waals surface area contributed by atoms with Crippen LogP contribution >= 0.6 is 0 Å². The van der Waals surface area contributed by atoms with Gasteiger partial charge in [0.25, 0.3) is 0 Å². The summed E-state index contributed by atoms with van der Waals surface area (Å²) < 4.78 is 18.0. The Kier molecular flexibility index (Phi) is 4.18. The molecule has 0 unspecified atom stereocenters. The minimum atomic E-state index is -1.60. The molecule has 2 aromatic rings. The van der Waals surface area contributed by atoms with Gasteiger partial charge in [0.05, 0.1) is 0 Å². The van der Waals surface area contributed by atoms with Crippen molar-refractivity contribution in [2.45, 2.75) is 6.42 Å². The van der Waals surface area contributed by atoms with E-state index < -0.39 is 17.5 Å². The molecule has 0 amide bonds. The molecule has 2 rings (SSSR count). The third kappa shape index (κ3) is 3.79. The molecule has 1 heterocycles. The Morgan fingerprint density at radius 2 is 1.76 bits per heavy atom. The summed E-state index contributed by atoms with van der Waals surface area (Å²) in [5, 5.41) is 17.5. The lowest BCUT2D eigenvalue weighted by molar-refractivity contribution is -0.135. The monoisotopic (exact) mass is 290 g/mol. The largest absolute Gasteiger partial charge is 0.502 e. The predicted molar refractivity (Wildman–Crippen MR) is 70.6 cm³/mol. The van der Waals surface area contributed by atoms with Gasteiger partial charge < -0.3 is 14.6 Å².